The zero-order valence-corrected chi connectivity index (χ0v) is 9.52. The van der Waals surface area contributed by atoms with E-state index in [2.05, 4.69) is 4.98 Å². The van der Waals surface area contributed by atoms with Gasteiger partial charge in [-0.15, -0.1) is 0 Å². The number of carbonyl (C=O) groups is 1. The molecule has 1 aliphatic rings. The molecule has 0 spiro atoms. The zero-order chi connectivity index (χ0) is 11.5. The molecule has 1 aromatic rings. The van der Waals surface area contributed by atoms with Crippen LogP contribution < -0.4 is 0 Å². The van der Waals surface area contributed by atoms with Crippen molar-refractivity contribution in [1.82, 2.24) is 9.88 Å². The van der Waals surface area contributed by atoms with Crippen molar-refractivity contribution in [2.75, 3.05) is 13.1 Å². The Hall–Kier alpha value is -1.13. The standard InChI is InChI=1S/C11H13ClN2O2/c12-10-3-4-13-6-9(10)11(16)14-5-1-2-8(15)7-14/h3-4,6,8,15H,1-2,5,7H2/t8-/m0/s1. The van der Waals surface area contributed by atoms with Crippen LogP contribution in [-0.4, -0.2) is 40.1 Å². The fourth-order valence-corrected chi connectivity index (χ4v) is 2.03. The minimum atomic E-state index is -0.423. The van der Waals surface area contributed by atoms with Gasteiger partial charge >= 0.3 is 0 Å². The monoisotopic (exact) mass is 240 g/mol. The molecule has 16 heavy (non-hydrogen) atoms. The summed E-state index contributed by atoms with van der Waals surface area (Å²) in [5, 5.41) is 9.91. The summed E-state index contributed by atoms with van der Waals surface area (Å²) in [5.74, 6) is -0.156. The Bertz CT molecular complexity index is 397. The number of carbonyl (C=O) groups excluding carboxylic acids is 1. The molecule has 86 valence electrons. The van der Waals surface area contributed by atoms with E-state index in [4.69, 9.17) is 11.6 Å². The minimum Gasteiger partial charge on any atom is -0.391 e. The summed E-state index contributed by atoms with van der Waals surface area (Å²) in [6.07, 6.45) is 4.17. The molecule has 2 heterocycles. The number of rotatable bonds is 1. The molecule has 0 aromatic carbocycles. The van der Waals surface area contributed by atoms with Crippen LogP contribution in [-0.2, 0) is 0 Å². The smallest absolute Gasteiger partial charge is 0.257 e. The second kappa shape index (κ2) is 4.80. The Labute approximate surface area is 98.9 Å². The van der Waals surface area contributed by atoms with E-state index in [1.54, 1.807) is 17.2 Å². The van der Waals surface area contributed by atoms with E-state index in [9.17, 15) is 9.90 Å². The summed E-state index contributed by atoms with van der Waals surface area (Å²) in [6.45, 7) is 1.05. The van der Waals surface area contributed by atoms with Gasteiger partial charge in [0.15, 0.2) is 0 Å². The van der Waals surface area contributed by atoms with Gasteiger partial charge in [-0.2, -0.15) is 0 Å². The van der Waals surface area contributed by atoms with Crippen molar-refractivity contribution in [3.63, 3.8) is 0 Å². The maximum absolute atomic E-state index is 12.1. The van der Waals surface area contributed by atoms with Gasteiger partial charge in [0.1, 0.15) is 0 Å². The number of aliphatic hydroxyl groups excluding tert-OH is 1. The topological polar surface area (TPSA) is 53.4 Å². The van der Waals surface area contributed by atoms with Gasteiger partial charge < -0.3 is 10.0 Å². The highest BCUT2D eigenvalue weighted by Gasteiger charge is 2.24. The second-order valence-corrected chi connectivity index (χ2v) is 4.31. The number of aliphatic hydroxyl groups is 1. The summed E-state index contributed by atoms with van der Waals surface area (Å²) in [4.78, 5) is 17.6. The maximum Gasteiger partial charge on any atom is 0.257 e. The van der Waals surface area contributed by atoms with E-state index in [1.807, 2.05) is 0 Å². The predicted molar refractivity (Wildman–Crippen MR) is 60.4 cm³/mol. The Morgan fingerprint density at radius 3 is 3.12 bits per heavy atom. The normalized spacial score (nSPS) is 20.9. The van der Waals surface area contributed by atoms with Crippen molar-refractivity contribution < 1.29 is 9.90 Å². The van der Waals surface area contributed by atoms with Gasteiger partial charge in [0.25, 0.3) is 5.91 Å². The molecule has 1 saturated heterocycles. The van der Waals surface area contributed by atoms with Crippen LogP contribution in [0.2, 0.25) is 5.02 Å². The number of amides is 1. The largest absolute Gasteiger partial charge is 0.391 e. The first-order valence-corrected chi connectivity index (χ1v) is 5.63. The van der Waals surface area contributed by atoms with Crippen LogP contribution in [0, 0.1) is 0 Å². The lowest BCUT2D eigenvalue weighted by Crippen LogP contribution is -2.42. The molecule has 2 rings (SSSR count). The number of halogens is 1. The highest BCUT2D eigenvalue weighted by molar-refractivity contribution is 6.33. The van der Waals surface area contributed by atoms with Gasteiger partial charge in [-0.3, -0.25) is 9.78 Å². The number of likely N-dealkylation sites (tertiary alicyclic amines) is 1. The molecule has 1 aliphatic heterocycles. The Morgan fingerprint density at radius 2 is 2.44 bits per heavy atom. The molecule has 1 atom stereocenters. The third-order valence-corrected chi connectivity index (χ3v) is 3.01. The minimum absolute atomic E-state index is 0.156. The van der Waals surface area contributed by atoms with Crippen LogP contribution in [0.3, 0.4) is 0 Å². The average Bonchev–Trinajstić information content (AvgIpc) is 2.29. The average molecular weight is 241 g/mol. The first-order chi connectivity index (χ1) is 7.68. The molecule has 1 amide bonds. The number of β-amino-alcohol motifs (C(OH)–C–C–N with tert-alkyl or cyclic N) is 1. The van der Waals surface area contributed by atoms with E-state index in [0.29, 0.717) is 23.7 Å². The summed E-state index contributed by atoms with van der Waals surface area (Å²) in [7, 11) is 0. The van der Waals surface area contributed by atoms with E-state index in [0.717, 1.165) is 12.8 Å². The predicted octanol–water partition coefficient (Wildman–Crippen LogP) is 1.33. The van der Waals surface area contributed by atoms with Crippen LogP contribution in [0.15, 0.2) is 18.5 Å². The molecule has 1 N–H and O–H groups in total. The zero-order valence-electron chi connectivity index (χ0n) is 8.77. The first kappa shape index (κ1) is 11.4. The Morgan fingerprint density at radius 1 is 1.62 bits per heavy atom. The Balaban J connectivity index is 2.16. The number of aromatic nitrogens is 1. The molecule has 1 aromatic heterocycles. The molecular formula is C11H13ClN2O2. The van der Waals surface area contributed by atoms with Gasteiger partial charge in [0, 0.05) is 25.5 Å². The number of pyridine rings is 1. The number of nitrogens with zero attached hydrogens (tertiary/aromatic N) is 2. The van der Waals surface area contributed by atoms with Gasteiger partial charge in [-0.05, 0) is 18.9 Å². The van der Waals surface area contributed by atoms with Crippen molar-refractivity contribution in [2.24, 2.45) is 0 Å². The van der Waals surface area contributed by atoms with Crippen LogP contribution in [0.1, 0.15) is 23.2 Å². The van der Waals surface area contributed by atoms with Crippen molar-refractivity contribution in [2.45, 2.75) is 18.9 Å². The molecule has 1 fully saturated rings. The molecule has 0 unspecified atom stereocenters. The molecule has 5 heteroatoms. The second-order valence-electron chi connectivity index (χ2n) is 3.90. The van der Waals surface area contributed by atoms with Crippen molar-refractivity contribution in [3.05, 3.63) is 29.0 Å². The van der Waals surface area contributed by atoms with Crippen molar-refractivity contribution >= 4 is 17.5 Å². The fraction of sp³-hybridized carbons (Fsp3) is 0.455. The van der Waals surface area contributed by atoms with Gasteiger partial charge in [-0.1, -0.05) is 11.6 Å². The number of hydrogen-bond acceptors (Lipinski definition) is 3. The summed E-state index contributed by atoms with van der Waals surface area (Å²) in [6, 6.07) is 1.59. The summed E-state index contributed by atoms with van der Waals surface area (Å²) < 4.78 is 0. The lowest BCUT2D eigenvalue weighted by molar-refractivity contribution is 0.0473. The highest BCUT2D eigenvalue weighted by atomic mass is 35.5. The summed E-state index contributed by atoms with van der Waals surface area (Å²) >= 11 is 5.92. The highest BCUT2D eigenvalue weighted by Crippen LogP contribution is 2.18. The Kier molecular flexibility index (Phi) is 3.41. The van der Waals surface area contributed by atoms with E-state index in [1.165, 1.54) is 6.20 Å². The van der Waals surface area contributed by atoms with Crippen LogP contribution in [0.5, 0.6) is 0 Å². The SMILES string of the molecule is O=C(c1cnccc1Cl)N1CCC[C@H](O)C1. The fourth-order valence-electron chi connectivity index (χ4n) is 1.84. The van der Waals surface area contributed by atoms with Crippen molar-refractivity contribution in [1.29, 1.82) is 0 Å². The van der Waals surface area contributed by atoms with E-state index >= 15 is 0 Å². The van der Waals surface area contributed by atoms with E-state index in [-0.39, 0.29) is 5.91 Å². The van der Waals surface area contributed by atoms with Gasteiger partial charge in [0.05, 0.1) is 16.7 Å². The van der Waals surface area contributed by atoms with Crippen LogP contribution in [0.4, 0.5) is 0 Å². The first-order valence-electron chi connectivity index (χ1n) is 5.25. The maximum atomic E-state index is 12.1. The molecule has 0 radical (unpaired) electrons. The van der Waals surface area contributed by atoms with E-state index < -0.39 is 6.10 Å². The lowest BCUT2D eigenvalue weighted by atomic mass is 10.1. The van der Waals surface area contributed by atoms with Crippen LogP contribution in [0.25, 0.3) is 0 Å². The molecule has 0 bridgehead atoms. The number of piperidine rings is 1. The number of hydrogen-bond donors (Lipinski definition) is 1. The van der Waals surface area contributed by atoms with Gasteiger partial charge in [-0.25, -0.2) is 0 Å². The third kappa shape index (κ3) is 2.33. The third-order valence-electron chi connectivity index (χ3n) is 2.68. The van der Waals surface area contributed by atoms with Gasteiger partial charge in [0.2, 0.25) is 0 Å². The molecule has 0 aliphatic carbocycles. The van der Waals surface area contributed by atoms with Crippen LogP contribution >= 0.6 is 11.6 Å². The molecule has 0 saturated carbocycles. The summed E-state index contributed by atoms with van der Waals surface area (Å²) in [5.41, 5.74) is 0.401. The lowest BCUT2D eigenvalue weighted by Gasteiger charge is -2.30. The quantitative estimate of drug-likeness (QED) is 0.806. The molecular weight excluding hydrogens is 228 g/mol. The molecule has 4 nitrogen and oxygen atoms in total. The van der Waals surface area contributed by atoms with Crippen molar-refractivity contribution in [3.8, 4) is 0 Å².